The van der Waals surface area contributed by atoms with E-state index in [1.807, 2.05) is 49.4 Å². The summed E-state index contributed by atoms with van der Waals surface area (Å²) >= 11 is 3.49. The van der Waals surface area contributed by atoms with Crippen LogP contribution < -0.4 is 0 Å². The summed E-state index contributed by atoms with van der Waals surface area (Å²) in [6, 6.07) is 15.4. The van der Waals surface area contributed by atoms with Crippen molar-refractivity contribution in [3.63, 3.8) is 0 Å². The van der Waals surface area contributed by atoms with E-state index in [0.717, 1.165) is 32.2 Å². The topological polar surface area (TPSA) is 56.4 Å². The summed E-state index contributed by atoms with van der Waals surface area (Å²) in [5.74, 6) is 0.0452. The van der Waals surface area contributed by atoms with E-state index in [9.17, 15) is 9.59 Å². The number of rotatable bonds is 2. The third kappa shape index (κ3) is 2.51. The Balaban J connectivity index is 1.74. The van der Waals surface area contributed by atoms with E-state index in [-0.39, 0.29) is 24.4 Å². The maximum atomic E-state index is 13.1. The van der Waals surface area contributed by atoms with Crippen LogP contribution in [0.4, 0.5) is 0 Å². The molecule has 142 valence electrons. The Morgan fingerprint density at radius 2 is 1.86 bits per heavy atom. The number of hydrogen-bond donors (Lipinski definition) is 1. The van der Waals surface area contributed by atoms with Gasteiger partial charge in [0.2, 0.25) is 11.8 Å². The van der Waals surface area contributed by atoms with Crippen molar-refractivity contribution in [2.45, 2.75) is 25.4 Å². The quantitative estimate of drug-likeness (QED) is 0.665. The predicted octanol–water partition coefficient (Wildman–Crippen LogP) is 3.64. The summed E-state index contributed by atoms with van der Waals surface area (Å²) in [6.45, 7) is 2.63. The van der Waals surface area contributed by atoms with Gasteiger partial charge in [-0.25, -0.2) is 0 Å². The molecular weight excluding hydrogens is 418 g/mol. The number of carbonyl (C=O) groups is 2. The second-order valence-electron chi connectivity index (χ2n) is 7.39. The molecule has 1 aromatic heterocycles. The minimum Gasteiger partial charge on any atom is -0.356 e. The van der Waals surface area contributed by atoms with Gasteiger partial charge in [-0.15, -0.1) is 0 Å². The van der Waals surface area contributed by atoms with Crippen LogP contribution in [0, 0.1) is 0 Å². The van der Waals surface area contributed by atoms with Crippen molar-refractivity contribution < 1.29 is 9.59 Å². The van der Waals surface area contributed by atoms with Gasteiger partial charge in [0.25, 0.3) is 0 Å². The molecule has 2 atom stereocenters. The third-order valence-electron chi connectivity index (χ3n) is 5.91. The summed E-state index contributed by atoms with van der Waals surface area (Å²) in [4.78, 5) is 33.3. The normalized spacial score (nSPS) is 21.8. The maximum absolute atomic E-state index is 13.1. The van der Waals surface area contributed by atoms with Gasteiger partial charge in [-0.05, 0) is 36.2 Å². The van der Waals surface area contributed by atoms with Crippen LogP contribution in [0.25, 0.3) is 10.9 Å². The molecule has 1 fully saturated rings. The number of amides is 2. The Bertz CT molecular complexity index is 1090. The molecule has 0 unspecified atom stereocenters. The van der Waals surface area contributed by atoms with Crippen LogP contribution in [0.2, 0.25) is 0 Å². The highest BCUT2D eigenvalue weighted by atomic mass is 79.9. The van der Waals surface area contributed by atoms with Gasteiger partial charge in [0.15, 0.2) is 0 Å². The van der Waals surface area contributed by atoms with Gasteiger partial charge in [0.05, 0.1) is 12.6 Å². The second kappa shape index (κ2) is 6.48. The first kappa shape index (κ1) is 17.5. The number of aromatic amines is 1. The first-order valence-corrected chi connectivity index (χ1v) is 10.3. The van der Waals surface area contributed by atoms with E-state index in [0.29, 0.717) is 13.0 Å². The summed E-state index contributed by atoms with van der Waals surface area (Å²) in [6.07, 6.45) is 0.549. The highest BCUT2D eigenvalue weighted by molar-refractivity contribution is 9.10. The zero-order valence-corrected chi connectivity index (χ0v) is 17.1. The van der Waals surface area contributed by atoms with Crippen molar-refractivity contribution in [2.75, 3.05) is 13.1 Å². The molecule has 28 heavy (non-hydrogen) atoms. The zero-order valence-electron chi connectivity index (χ0n) is 15.5. The third-order valence-corrected chi connectivity index (χ3v) is 6.44. The van der Waals surface area contributed by atoms with Crippen LogP contribution >= 0.6 is 15.9 Å². The number of likely N-dealkylation sites (N-methyl/N-ethyl adjacent to an activating group) is 1. The molecule has 0 radical (unpaired) electrons. The standard InChI is InChI=1S/C22H20BrN3O2/c1-2-25-12-19(27)26-18(22(25)28)11-16-15-5-3-4-6-17(15)24-20(16)21(26)13-7-9-14(23)10-8-13/h3-10,18,21,24H,2,11-12H2,1H3/t18-,21-/m1/s1. The molecule has 0 saturated carbocycles. The van der Waals surface area contributed by atoms with Gasteiger partial charge in [0, 0.05) is 34.0 Å². The lowest BCUT2D eigenvalue weighted by Crippen LogP contribution is -2.62. The van der Waals surface area contributed by atoms with E-state index in [1.54, 1.807) is 9.80 Å². The molecule has 6 heteroatoms. The Morgan fingerprint density at radius 3 is 2.61 bits per heavy atom. The molecule has 3 aromatic rings. The number of benzene rings is 2. The number of piperazine rings is 1. The van der Waals surface area contributed by atoms with Gasteiger partial charge in [-0.1, -0.05) is 46.3 Å². The van der Waals surface area contributed by atoms with Gasteiger partial charge < -0.3 is 14.8 Å². The summed E-state index contributed by atoms with van der Waals surface area (Å²) in [7, 11) is 0. The zero-order chi connectivity index (χ0) is 19.4. The molecule has 1 saturated heterocycles. The average molecular weight is 438 g/mol. The van der Waals surface area contributed by atoms with Crippen LogP contribution in [0.3, 0.4) is 0 Å². The fourth-order valence-corrected chi connectivity index (χ4v) is 4.85. The van der Waals surface area contributed by atoms with Gasteiger partial charge in [-0.3, -0.25) is 9.59 Å². The highest BCUT2D eigenvalue weighted by Gasteiger charge is 2.47. The van der Waals surface area contributed by atoms with Crippen LogP contribution in [0.15, 0.2) is 53.0 Å². The molecule has 3 heterocycles. The monoisotopic (exact) mass is 437 g/mol. The fourth-order valence-electron chi connectivity index (χ4n) is 4.58. The molecule has 2 aliphatic rings. The lowest BCUT2D eigenvalue weighted by atomic mass is 9.86. The summed E-state index contributed by atoms with van der Waals surface area (Å²) < 4.78 is 0.985. The smallest absolute Gasteiger partial charge is 0.246 e. The predicted molar refractivity (Wildman–Crippen MR) is 111 cm³/mol. The molecule has 5 rings (SSSR count). The Hall–Kier alpha value is -2.60. The van der Waals surface area contributed by atoms with Crippen molar-refractivity contribution in [1.29, 1.82) is 0 Å². The number of fused-ring (bicyclic) bond motifs is 4. The molecule has 0 spiro atoms. The number of aromatic nitrogens is 1. The minimum absolute atomic E-state index is 0.00340. The molecule has 1 N–H and O–H groups in total. The molecule has 0 bridgehead atoms. The lowest BCUT2D eigenvalue weighted by Gasteiger charge is -2.47. The van der Waals surface area contributed by atoms with E-state index < -0.39 is 6.04 Å². The largest absolute Gasteiger partial charge is 0.356 e. The second-order valence-corrected chi connectivity index (χ2v) is 8.31. The fraction of sp³-hybridized carbons (Fsp3) is 0.273. The van der Waals surface area contributed by atoms with Crippen LogP contribution in [0.5, 0.6) is 0 Å². The van der Waals surface area contributed by atoms with Crippen molar-refractivity contribution in [3.8, 4) is 0 Å². The van der Waals surface area contributed by atoms with Crippen LogP contribution in [0.1, 0.15) is 29.8 Å². The van der Waals surface area contributed by atoms with E-state index >= 15 is 0 Å². The number of nitrogens with zero attached hydrogens (tertiary/aromatic N) is 2. The highest BCUT2D eigenvalue weighted by Crippen LogP contribution is 2.42. The molecule has 2 aromatic carbocycles. The Labute approximate surface area is 171 Å². The maximum Gasteiger partial charge on any atom is 0.246 e. The number of nitrogens with one attached hydrogen (secondary N) is 1. The molecule has 2 amide bonds. The van der Waals surface area contributed by atoms with Crippen LogP contribution in [-0.4, -0.2) is 45.7 Å². The van der Waals surface area contributed by atoms with E-state index in [4.69, 9.17) is 0 Å². The first-order chi connectivity index (χ1) is 13.6. The molecular formula is C22H20BrN3O2. The van der Waals surface area contributed by atoms with E-state index in [2.05, 4.69) is 27.0 Å². The number of para-hydroxylation sites is 1. The van der Waals surface area contributed by atoms with Crippen molar-refractivity contribution in [2.24, 2.45) is 0 Å². The lowest BCUT2D eigenvalue weighted by molar-refractivity contribution is -0.158. The first-order valence-electron chi connectivity index (χ1n) is 9.53. The van der Waals surface area contributed by atoms with Gasteiger partial charge in [0.1, 0.15) is 6.04 Å². The van der Waals surface area contributed by atoms with Gasteiger partial charge in [-0.2, -0.15) is 0 Å². The Morgan fingerprint density at radius 1 is 1.11 bits per heavy atom. The van der Waals surface area contributed by atoms with Gasteiger partial charge >= 0.3 is 0 Å². The van der Waals surface area contributed by atoms with Crippen molar-refractivity contribution in [1.82, 2.24) is 14.8 Å². The SMILES string of the molecule is CCN1CC(=O)N2[C@H](c3ccc(Br)cc3)c3[nH]c4ccccc4c3C[C@@H]2C1=O. The molecule has 5 nitrogen and oxygen atoms in total. The minimum atomic E-state index is -0.457. The van der Waals surface area contributed by atoms with Crippen molar-refractivity contribution in [3.05, 3.63) is 69.8 Å². The number of H-pyrrole nitrogens is 1. The number of hydrogen-bond acceptors (Lipinski definition) is 2. The average Bonchev–Trinajstić information content (AvgIpc) is 3.08. The summed E-state index contributed by atoms with van der Waals surface area (Å²) in [5.41, 5.74) is 4.21. The number of halogens is 1. The number of carbonyl (C=O) groups excluding carboxylic acids is 2. The molecule has 2 aliphatic heterocycles. The van der Waals surface area contributed by atoms with E-state index in [1.165, 1.54) is 0 Å². The molecule has 0 aliphatic carbocycles. The van der Waals surface area contributed by atoms with Crippen molar-refractivity contribution >= 4 is 38.6 Å². The Kier molecular flexibility index (Phi) is 4.05. The summed E-state index contributed by atoms with van der Waals surface area (Å²) in [5, 5.41) is 1.13. The van der Waals surface area contributed by atoms with Crippen LogP contribution in [-0.2, 0) is 16.0 Å².